The molecular weight excluding hydrogens is 388 g/mol. The largest absolute Gasteiger partial charge is 0.455 e. The van der Waals surface area contributed by atoms with Crippen LogP contribution in [0.25, 0.3) is 10.2 Å². The van der Waals surface area contributed by atoms with E-state index in [-0.39, 0.29) is 18.3 Å². The van der Waals surface area contributed by atoms with Crippen LogP contribution in [0.3, 0.4) is 0 Å². The van der Waals surface area contributed by atoms with E-state index >= 15 is 0 Å². The summed E-state index contributed by atoms with van der Waals surface area (Å²) in [4.78, 5) is 31.8. The number of fused-ring (bicyclic) bond motifs is 2. The van der Waals surface area contributed by atoms with Gasteiger partial charge in [-0.25, -0.2) is 4.98 Å². The topological polar surface area (TPSA) is 59.5 Å². The first kappa shape index (κ1) is 17.5. The molecular formula is C18H16N2O3S3. The molecule has 8 heteroatoms. The molecule has 0 saturated heterocycles. The van der Waals surface area contributed by atoms with Crippen molar-refractivity contribution in [1.29, 1.82) is 0 Å². The molecule has 0 radical (unpaired) electrons. The SMILES string of the molecule is O=C(CSc1nc2ccccc2s1)OCC(=O)N1CCc2sccc2C1. The molecule has 3 aromatic rings. The summed E-state index contributed by atoms with van der Waals surface area (Å²) in [5.41, 5.74) is 2.13. The summed E-state index contributed by atoms with van der Waals surface area (Å²) in [6.07, 6.45) is 0.875. The molecule has 3 heterocycles. The summed E-state index contributed by atoms with van der Waals surface area (Å²) in [5, 5.41) is 2.05. The van der Waals surface area contributed by atoms with Crippen LogP contribution in [-0.4, -0.2) is 40.7 Å². The van der Waals surface area contributed by atoms with Gasteiger partial charge < -0.3 is 9.64 Å². The Balaban J connectivity index is 1.24. The van der Waals surface area contributed by atoms with Crippen LogP contribution in [0.15, 0.2) is 40.1 Å². The minimum atomic E-state index is -0.393. The fourth-order valence-electron chi connectivity index (χ4n) is 2.77. The smallest absolute Gasteiger partial charge is 0.316 e. The van der Waals surface area contributed by atoms with Gasteiger partial charge in [0.05, 0.1) is 16.0 Å². The summed E-state index contributed by atoms with van der Waals surface area (Å²) in [6, 6.07) is 9.92. The van der Waals surface area contributed by atoms with Gasteiger partial charge in [0.1, 0.15) is 0 Å². The van der Waals surface area contributed by atoms with Crippen LogP contribution in [0.2, 0.25) is 0 Å². The van der Waals surface area contributed by atoms with E-state index in [0.29, 0.717) is 13.1 Å². The van der Waals surface area contributed by atoms with Gasteiger partial charge in [-0.3, -0.25) is 9.59 Å². The highest BCUT2D eigenvalue weighted by Crippen LogP contribution is 2.29. The number of nitrogens with zero attached hydrogens (tertiary/aromatic N) is 2. The third-order valence-electron chi connectivity index (χ3n) is 4.10. The molecule has 2 aromatic heterocycles. The number of esters is 1. The van der Waals surface area contributed by atoms with Gasteiger partial charge in [0.25, 0.3) is 5.91 Å². The standard InChI is InChI=1S/C18H16N2O3S3/c21-16(20-7-5-14-12(9-20)6-8-24-14)10-23-17(22)11-25-18-19-13-3-1-2-4-15(13)26-18/h1-4,6,8H,5,7,9-11H2. The number of hydrogen-bond donors (Lipinski definition) is 0. The van der Waals surface area contributed by atoms with Crippen molar-refractivity contribution >= 4 is 56.5 Å². The van der Waals surface area contributed by atoms with Crippen LogP contribution in [0.5, 0.6) is 0 Å². The number of benzene rings is 1. The highest BCUT2D eigenvalue weighted by atomic mass is 32.2. The van der Waals surface area contributed by atoms with Gasteiger partial charge in [-0.05, 0) is 35.6 Å². The second-order valence-corrected chi connectivity index (χ2v) is 9.08. The van der Waals surface area contributed by atoms with Gasteiger partial charge in [0.2, 0.25) is 0 Å². The van der Waals surface area contributed by atoms with Crippen molar-refractivity contribution in [3.63, 3.8) is 0 Å². The number of ether oxygens (including phenoxy) is 1. The molecule has 134 valence electrons. The Morgan fingerprint density at radius 3 is 3.04 bits per heavy atom. The van der Waals surface area contributed by atoms with Crippen LogP contribution < -0.4 is 0 Å². The molecule has 1 aliphatic rings. The number of thioether (sulfide) groups is 1. The highest BCUT2D eigenvalue weighted by Gasteiger charge is 2.22. The molecule has 1 amide bonds. The quantitative estimate of drug-likeness (QED) is 0.481. The maximum Gasteiger partial charge on any atom is 0.316 e. The van der Waals surface area contributed by atoms with E-state index in [0.717, 1.165) is 21.0 Å². The Labute approximate surface area is 163 Å². The fourth-order valence-corrected chi connectivity index (χ4v) is 5.53. The number of thiophene rings is 1. The molecule has 0 N–H and O–H groups in total. The molecule has 0 atom stereocenters. The molecule has 0 bridgehead atoms. The number of amides is 1. The van der Waals surface area contributed by atoms with Gasteiger partial charge >= 0.3 is 5.97 Å². The molecule has 4 rings (SSSR count). The van der Waals surface area contributed by atoms with Crippen molar-refractivity contribution in [1.82, 2.24) is 9.88 Å². The monoisotopic (exact) mass is 404 g/mol. The Kier molecular flexibility index (Phi) is 5.23. The third kappa shape index (κ3) is 3.92. The van der Waals surface area contributed by atoms with Crippen LogP contribution >= 0.6 is 34.4 Å². The minimum Gasteiger partial charge on any atom is -0.455 e. The molecule has 0 fully saturated rings. The van der Waals surface area contributed by atoms with Crippen molar-refractivity contribution in [2.75, 3.05) is 18.9 Å². The van der Waals surface area contributed by atoms with Crippen molar-refractivity contribution in [3.05, 3.63) is 46.2 Å². The Morgan fingerprint density at radius 1 is 1.27 bits per heavy atom. The van der Waals surface area contributed by atoms with E-state index in [4.69, 9.17) is 4.74 Å². The first-order valence-electron chi connectivity index (χ1n) is 8.16. The van der Waals surface area contributed by atoms with Crippen molar-refractivity contribution < 1.29 is 14.3 Å². The maximum absolute atomic E-state index is 12.3. The van der Waals surface area contributed by atoms with E-state index in [1.54, 1.807) is 27.6 Å². The molecule has 0 unspecified atom stereocenters. The van der Waals surface area contributed by atoms with Gasteiger partial charge in [-0.15, -0.1) is 22.7 Å². The lowest BCUT2D eigenvalue weighted by Gasteiger charge is -2.26. The van der Waals surface area contributed by atoms with Gasteiger partial charge in [0.15, 0.2) is 10.9 Å². The lowest BCUT2D eigenvalue weighted by atomic mass is 10.1. The van der Waals surface area contributed by atoms with Crippen LogP contribution in [-0.2, 0) is 27.3 Å². The summed E-state index contributed by atoms with van der Waals surface area (Å²) in [6.45, 7) is 1.10. The summed E-state index contributed by atoms with van der Waals surface area (Å²) < 4.78 is 7.07. The average molecular weight is 405 g/mol. The molecule has 0 aliphatic carbocycles. The average Bonchev–Trinajstić information content (AvgIpc) is 3.29. The van der Waals surface area contributed by atoms with Gasteiger partial charge in [-0.1, -0.05) is 23.9 Å². The second-order valence-electron chi connectivity index (χ2n) is 5.83. The first-order chi connectivity index (χ1) is 12.7. The van der Waals surface area contributed by atoms with E-state index in [2.05, 4.69) is 16.4 Å². The first-order valence-corrected chi connectivity index (χ1v) is 10.8. The summed E-state index contributed by atoms with van der Waals surface area (Å²) in [5.74, 6) is -0.377. The minimum absolute atomic E-state index is 0.139. The number of carbonyl (C=O) groups is 2. The summed E-state index contributed by atoms with van der Waals surface area (Å²) >= 11 is 4.63. The number of carbonyl (C=O) groups excluding carboxylic acids is 2. The third-order valence-corrected chi connectivity index (χ3v) is 7.28. The number of hydrogen-bond acceptors (Lipinski definition) is 7. The van der Waals surface area contributed by atoms with E-state index < -0.39 is 5.97 Å². The van der Waals surface area contributed by atoms with E-state index in [1.165, 1.54) is 22.2 Å². The second kappa shape index (κ2) is 7.77. The molecule has 0 spiro atoms. The molecule has 26 heavy (non-hydrogen) atoms. The predicted octanol–water partition coefficient (Wildman–Crippen LogP) is 3.58. The van der Waals surface area contributed by atoms with Crippen LogP contribution in [0.1, 0.15) is 10.4 Å². The van der Waals surface area contributed by atoms with Crippen molar-refractivity contribution in [3.8, 4) is 0 Å². The Morgan fingerprint density at radius 2 is 2.15 bits per heavy atom. The Bertz CT molecular complexity index is 917. The van der Waals surface area contributed by atoms with E-state index in [1.807, 2.05) is 24.3 Å². The number of aromatic nitrogens is 1. The lowest BCUT2D eigenvalue weighted by molar-refractivity contribution is -0.150. The lowest BCUT2D eigenvalue weighted by Crippen LogP contribution is -2.38. The number of para-hydroxylation sites is 1. The molecule has 0 saturated carbocycles. The van der Waals surface area contributed by atoms with Gasteiger partial charge in [0, 0.05) is 18.0 Å². The summed E-state index contributed by atoms with van der Waals surface area (Å²) in [7, 11) is 0. The molecule has 5 nitrogen and oxygen atoms in total. The van der Waals surface area contributed by atoms with E-state index in [9.17, 15) is 9.59 Å². The maximum atomic E-state index is 12.3. The van der Waals surface area contributed by atoms with Gasteiger partial charge in [-0.2, -0.15) is 0 Å². The zero-order valence-corrected chi connectivity index (χ0v) is 16.3. The highest BCUT2D eigenvalue weighted by molar-refractivity contribution is 8.01. The molecule has 1 aliphatic heterocycles. The predicted molar refractivity (Wildman–Crippen MR) is 105 cm³/mol. The number of rotatable bonds is 5. The normalized spacial score (nSPS) is 13.6. The number of thiazole rings is 1. The Hall–Kier alpha value is -1.90. The zero-order chi connectivity index (χ0) is 17.9. The van der Waals surface area contributed by atoms with Crippen LogP contribution in [0, 0.1) is 0 Å². The fraction of sp³-hybridized carbons (Fsp3) is 0.278. The van der Waals surface area contributed by atoms with Crippen molar-refractivity contribution in [2.45, 2.75) is 17.3 Å². The van der Waals surface area contributed by atoms with Crippen LogP contribution in [0.4, 0.5) is 0 Å². The molecule has 1 aromatic carbocycles. The zero-order valence-electron chi connectivity index (χ0n) is 13.8. The van der Waals surface area contributed by atoms with Crippen molar-refractivity contribution in [2.24, 2.45) is 0 Å².